The van der Waals surface area contributed by atoms with E-state index in [1.165, 1.54) is 37.6 Å². The van der Waals surface area contributed by atoms with Gasteiger partial charge in [-0.15, -0.1) is 0 Å². The van der Waals surface area contributed by atoms with Gasteiger partial charge in [-0.25, -0.2) is 9.69 Å². The third kappa shape index (κ3) is 6.35. The molecule has 2 heterocycles. The molecule has 0 aliphatic heterocycles. The number of aromatic amines is 1. The number of rotatable bonds is 9. The number of nitrogens with zero attached hydrogens (tertiary/aromatic N) is 2. The molecule has 210 valence electrons. The van der Waals surface area contributed by atoms with Crippen molar-refractivity contribution < 1.29 is 33.2 Å². The lowest BCUT2D eigenvalue weighted by Crippen LogP contribution is -2.39. The first-order chi connectivity index (χ1) is 19.1. The second kappa shape index (κ2) is 11.8. The lowest BCUT2D eigenvalue weighted by Gasteiger charge is -2.25. The molecule has 1 aromatic carbocycles. The van der Waals surface area contributed by atoms with Crippen LogP contribution in [0.1, 0.15) is 57.3 Å². The number of anilines is 2. The fourth-order valence-electron chi connectivity index (χ4n) is 3.68. The van der Waals surface area contributed by atoms with Gasteiger partial charge in [-0.3, -0.25) is 19.8 Å². The molecular formula is C26H29N7O7. The van der Waals surface area contributed by atoms with E-state index in [2.05, 4.69) is 20.8 Å². The summed E-state index contributed by atoms with van der Waals surface area (Å²) in [6, 6.07) is 5.17. The highest BCUT2D eigenvalue weighted by atomic mass is 16.7. The van der Waals surface area contributed by atoms with Gasteiger partial charge in [0.15, 0.2) is 11.7 Å². The highest BCUT2D eigenvalue weighted by molar-refractivity contribution is 6.21. The maximum absolute atomic E-state index is 13.3. The number of amides is 3. The van der Waals surface area contributed by atoms with Crippen LogP contribution in [-0.4, -0.2) is 58.7 Å². The molecule has 14 heteroatoms. The molecule has 1 aliphatic rings. The first-order valence-electron chi connectivity index (χ1n) is 12.4. The van der Waals surface area contributed by atoms with Crippen molar-refractivity contribution in [2.75, 3.05) is 17.0 Å². The van der Waals surface area contributed by atoms with Crippen molar-refractivity contribution in [2.45, 2.75) is 45.7 Å². The summed E-state index contributed by atoms with van der Waals surface area (Å²) in [6.45, 7) is 3.97. The fraction of sp³-hybridized carbons (Fsp3) is 0.308. The molecule has 3 aromatic rings. The maximum atomic E-state index is 13.3. The number of aromatic nitrogens is 2. The minimum Gasteiger partial charge on any atom is -0.427 e. The molecule has 0 radical (unpaired) electrons. The SMILES string of the molecule is Cc1ccc(C(=O)Nc2ccon2)cc1N(C(=N)c1[nH]cc(C(=O)NC2CC2)c1C)C(=O)OCOC(=O)C(C)N. The Morgan fingerprint density at radius 1 is 1.20 bits per heavy atom. The zero-order chi connectivity index (χ0) is 29.0. The number of nitrogens with two attached hydrogens (primary N) is 1. The van der Waals surface area contributed by atoms with E-state index in [4.69, 9.17) is 25.1 Å². The van der Waals surface area contributed by atoms with Gasteiger partial charge in [0.05, 0.1) is 16.9 Å². The molecule has 40 heavy (non-hydrogen) atoms. The van der Waals surface area contributed by atoms with Crippen LogP contribution in [-0.2, 0) is 14.3 Å². The molecular weight excluding hydrogens is 522 g/mol. The molecule has 1 fully saturated rings. The predicted molar refractivity (Wildman–Crippen MR) is 142 cm³/mol. The third-order valence-corrected chi connectivity index (χ3v) is 6.09. The summed E-state index contributed by atoms with van der Waals surface area (Å²) in [5, 5.41) is 18.0. The molecule has 0 saturated heterocycles. The normalized spacial score (nSPS) is 13.2. The molecule has 1 unspecified atom stereocenters. The van der Waals surface area contributed by atoms with Crippen molar-refractivity contribution in [3.63, 3.8) is 0 Å². The van der Waals surface area contributed by atoms with Crippen LogP contribution in [0.15, 0.2) is 41.2 Å². The monoisotopic (exact) mass is 551 g/mol. The quantitative estimate of drug-likeness (QED) is 0.114. The molecule has 6 N–H and O–H groups in total. The number of esters is 1. The number of ether oxygens (including phenoxy) is 2. The summed E-state index contributed by atoms with van der Waals surface area (Å²) < 4.78 is 14.7. The zero-order valence-electron chi connectivity index (χ0n) is 22.1. The Balaban J connectivity index is 1.66. The van der Waals surface area contributed by atoms with E-state index in [1.54, 1.807) is 19.9 Å². The van der Waals surface area contributed by atoms with Crippen LogP contribution in [0.2, 0.25) is 0 Å². The highest BCUT2D eigenvalue weighted by Crippen LogP contribution is 2.27. The smallest absolute Gasteiger partial charge is 0.423 e. The Morgan fingerprint density at radius 3 is 2.60 bits per heavy atom. The van der Waals surface area contributed by atoms with E-state index in [0.29, 0.717) is 16.7 Å². The van der Waals surface area contributed by atoms with E-state index in [1.807, 2.05) is 0 Å². The van der Waals surface area contributed by atoms with E-state index in [9.17, 15) is 19.2 Å². The Kier molecular flexibility index (Phi) is 8.29. The van der Waals surface area contributed by atoms with E-state index in [-0.39, 0.29) is 40.5 Å². The Morgan fingerprint density at radius 2 is 1.95 bits per heavy atom. The second-order valence-corrected chi connectivity index (χ2v) is 9.25. The van der Waals surface area contributed by atoms with Crippen LogP contribution < -0.4 is 21.3 Å². The average Bonchev–Trinajstić information content (AvgIpc) is 3.40. The van der Waals surface area contributed by atoms with Gasteiger partial charge < -0.3 is 35.3 Å². The van der Waals surface area contributed by atoms with Gasteiger partial charge in [-0.2, -0.15) is 0 Å². The fourth-order valence-corrected chi connectivity index (χ4v) is 3.68. The molecule has 1 saturated carbocycles. The van der Waals surface area contributed by atoms with Gasteiger partial charge >= 0.3 is 12.1 Å². The van der Waals surface area contributed by atoms with Gasteiger partial charge in [0.1, 0.15) is 12.3 Å². The van der Waals surface area contributed by atoms with Gasteiger partial charge in [-0.05, 0) is 56.9 Å². The van der Waals surface area contributed by atoms with Crippen molar-refractivity contribution in [3.05, 3.63) is 64.7 Å². The summed E-state index contributed by atoms with van der Waals surface area (Å²) in [7, 11) is 0. The first kappa shape index (κ1) is 28.0. The van der Waals surface area contributed by atoms with Crippen LogP contribution in [0.4, 0.5) is 16.3 Å². The van der Waals surface area contributed by atoms with Gasteiger partial charge in [0.25, 0.3) is 11.8 Å². The Bertz CT molecular complexity index is 1440. The lowest BCUT2D eigenvalue weighted by molar-refractivity contribution is -0.152. The number of amidine groups is 1. The molecule has 14 nitrogen and oxygen atoms in total. The average molecular weight is 552 g/mol. The van der Waals surface area contributed by atoms with Crippen molar-refractivity contribution >= 4 is 41.2 Å². The second-order valence-electron chi connectivity index (χ2n) is 9.25. The van der Waals surface area contributed by atoms with Crippen molar-refractivity contribution in [1.82, 2.24) is 15.5 Å². The number of carbonyl (C=O) groups is 4. The zero-order valence-corrected chi connectivity index (χ0v) is 22.1. The van der Waals surface area contributed by atoms with E-state index < -0.39 is 30.8 Å². The van der Waals surface area contributed by atoms with Crippen molar-refractivity contribution in [3.8, 4) is 0 Å². The largest absolute Gasteiger partial charge is 0.427 e. The number of hydrogen-bond donors (Lipinski definition) is 5. The Labute approximate surface area is 228 Å². The van der Waals surface area contributed by atoms with E-state index >= 15 is 0 Å². The first-order valence-corrected chi connectivity index (χ1v) is 12.4. The van der Waals surface area contributed by atoms with Crippen molar-refractivity contribution in [2.24, 2.45) is 5.73 Å². The molecule has 1 aliphatic carbocycles. The van der Waals surface area contributed by atoms with Crippen LogP contribution in [0.5, 0.6) is 0 Å². The van der Waals surface area contributed by atoms with Gasteiger partial charge in [0.2, 0.25) is 6.79 Å². The minimum absolute atomic E-state index is 0.129. The minimum atomic E-state index is -1.07. The number of aryl methyl sites for hydroxylation is 1. The van der Waals surface area contributed by atoms with Crippen molar-refractivity contribution in [1.29, 1.82) is 5.41 Å². The third-order valence-electron chi connectivity index (χ3n) is 6.09. The van der Waals surface area contributed by atoms with Crippen LogP contribution in [0.3, 0.4) is 0 Å². The molecule has 2 aromatic heterocycles. The summed E-state index contributed by atoms with van der Waals surface area (Å²) in [6.07, 6.45) is 3.50. The van der Waals surface area contributed by atoms with Crippen LogP contribution in [0.25, 0.3) is 0 Å². The predicted octanol–water partition coefficient (Wildman–Crippen LogP) is 2.58. The lowest BCUT2D eigenvalue weighted by atomic mass is 10.1. The maximum Gasteiger partial charge on any atom is 0.423 e. The molecule has 3 amide bonds. The number of nitrogens with one attached hydrogen (secondary N) is 4. The van der Waals surface area contributed by atoms with Gasteiger partial charge in [0, 0.05) is 23.9 Å². The summed E-state index contributed by atoms with van der Waals surface area (Å²) in [4.78, 5) is 54.4. The number of carbonyl (C=O) groups excluding carboxylic acids is 4. The number of benzene rings is 1. The summed E-state index contributed by atoms with van der Waals surface area (Å²) in [5.74, 6) is -1.82. The molecule has 1 atom stereocenters. The molecule has 4 rings (SSSR count). The van der Waals surface area contributed by atoms with Crippen LogP contribution >= 0.6 is 0 Å². The van der Waals surface area contributed by atoms with Crippen LogP contribution in [0, 0.1) is 19.3 Å². The number of hydrogen-bond acceptors (Lipinski definition) is 10. The standard InChI is InChI=1S/C26H29N7O7/c1-13-4-5-16(23(34)31-20-8-9-40-32-20)10-19(13)33(26(37)39-12-38-25(36)15(3)27)22(28)21-14(2)18(11-29-21)24(35)30-17-6-7-17/h4-5,8-11,15,17,28-29H,6-7,12,27H2,1-3H3,(H,30,35)(H,31,32,34). The summed E-state index contributed by atoms with van der Waals surface area (Å²) in [5.41, 5.74) is 7.20. The summed E-state index contributed by atoms with van der Waals surface area (Å²) >= 11 is 0. The van der Waals surface area contributed by atoms with Gasteiger partial charge in [-0.1, -0.05) is 11.2 Å². The molecule has 0 spiro atoms. The highest BCUT2D eigenvalue weighted by Gasteiger charge is 2.31. The number of H-pyrrole nitrogens is 1. The molecule has 0 bridgehead atoms. The topological polar surface area (TPSA) is 206 Å². The Hall–Kier alpha value is -4.98. The van der Waals surface area contributed by atoms with E-state index in [0.717, 1.165) is 17.7 Å².